The third-order valence-corrected chi connectivity index (χ3v) is 5.35. The van der Waals surface area contributed by atoms with Gasteiger partial charge in [-0.25, -0.2) is 0 Å². The standard InChI is InChI=1S/C18H27NO/c1-18(2)10-4-7-15(18)17(19-3)14-8-9-16-13(12-14)6-5-11-20-16/h8-9,12,15,17,19H,4-7,10-11H2,1-3H3. The molecule has 2 aliphatic rings. The maximum absolute atomic E-state index is 5.74. The number of ether oxygens (including phenoxy) is 1. The van der Waals surface area contributed by atoms with Crippen LogP contribution in [0.1, 0.15) is 56.7 Å². The molecule has 20 heavy (non-hydrogen) atoms. The van der Waals surface area contributed by atoms with Gasteiger partial charge < -0.3 is 10.1 Å². The lowest BCUT2D eigenvalue weighted by Crippen LogP contribution is -2.32. The molecule has 1 aromatic carbocycles. The monoisotopic (exact) mass is 273 g/mol. The SMILES string of the molecule is CNC(c1ccc2c(c1)CCCO2)C1CCCC1(C)C. The Bertz CT molecular complexity index is 480. The van der Waals surface area contributed by atoms with Gasteiger partial charge in [0.2, 0.25) is 0 Å². The van der Waals surface area contributed by atoms with E-state index in [2.05, 4.69) is 44.4 Å². The summed E-state index contributed by atoms with van der Waals surface area (Å²) in [7, 11) is 2.11. The van der Waals surface area contributed by atoms with Crippen LogP contribution in [0.3, 0.4) is 0 Å². The minimum atomic E-state index is 0.445. The summed E-state index contributed by atoms with van der Waals surface area (Å²) >= 11 is 0. The second kappa shape index (κ2) is 5.40. The Kier molecular flexibility index (Phi) is 3.76. The molecule has 1 aromatic rings. The molecule has 1 saturated carbocycles. The summed E-state index contributed by atoms with van der Waals surface area (Å²) in [6, 6.07) is 7.29. The van der Waals surface area contributed by atoms with Gasteiger partial charge in [-0.1, -0.05) is 32.4 Å². The van der Waals surface area contributed by atoms with E-state index in [0.717, 1.165) is 31.1 Å². The molecule has 110 valence electrons. The summed E-state index contributed by atoms with van der Waals surface area (Å²) in [5, 5.41) is 3.58. The van der Waals surface area contributed by atoms with Gasteiger partial charge in [0.05, 0.1) is 6.61 Å². The average molecular weight is 273 g/mol. The van der Waals surface area contributed by atoms with E-state index in [-0.39, 0.29) is 0 Å². The summed E-state index contributed by atoms with van der Waals surface area (Å²) in [6.45, 7) is 5.73. The lowest BCUT2D eigenvalue weighted by molar-refractivity contribution is 0.203. The van der Waals surface area contributed by atoms with Crippen molar-refractivity contribution in [2.45, 2.75) is 52.0 Å². The zero-order valence-corrected chi connectivity index (χ0v) is 13.0. The Hall–Kier alpha value is -1.02. The van der Waals surface area contributed by atoms with E-state index in [4.69, 9.17) is 4.74 Å². The molecule has 1 N–H and O–H groups in total. The van der Waals surface area contributed by atoms with Crippen molar-refractivity contribution < 1.29 is 4.74 Å². The van der Waals surface area contributed by atoms with Crippen LogP contribution in [-0.2, 0) is 6.42 Å². The number of hydrogen-bond acceptors (Lipinski definition) is 2. The van der Waals surface area contributed by atoms with Crippen molar-refractivity contribution in [1.29, 1.82) is 0 Å². The Balaban J connectivity index is 1.89. The van der Waals surface area contributed by atoms with Crippen LogP contribution in [0.5, 0.6) is 5.75 Å². The van der Waals surface area contributed by atoms with Gasteiger partial charge in [0.1, 0.15) is 5.75 Å². The summed E-state index contributed by atoms with van der Waals surface area (Å²) in [5.41, 5.74) is 3.28. The van der Waals surface area contributed by atoms with Crippen molar-refractivity contribution in [3.8, 4) is 5.75 Å². The quantitative estimate of drug-likeness (QED) is 0.895. The van der Waals surface area contributed by atoms with Gasteiger partial charge in [-0.05, 0) is 61.3 Å². The maximum atomic E-state index is 5.74. The maximum Gasteiger partial charge on any atom is 0.122 e. The first-order valence-electron chi connectivity index (χ1n) is 8.05. The molecule has 1 heterocycles. The second-order valence-corrected chi connectivity index (χ2v) is 7.07. The van der Waals surface area contributed by atoms with Crippen LogP contribution in [0.25, 0.3) is 0 Å². The zero-order chi connectivity index (χ0) is 14.2. The van der Waals surface area contributed by atoms with E-state index >= 15 is 0 Å². The van der Waals surface area contributed by atoms with Crippen molar-refractivity contribution in [3.05, 3.63) is 29.3 Å². The number of benzene rings is 1. The number of aryl methyl sites for hydroxylation is 1. The fourth-order valence-corrected chi connectivity index (χ4v) is 4.15. The van der Waals surface area contributed by atoms with Crippen LogP contribution in [0.4, 0.5) is 0 Å². The number of rotatable bonds is 3. The predicted molar refractivity (Wildman–Crippen MR) is 83.2 cm³/mol. The van der Waals surface area contributed by atoms with E-state index in [9.17, 15) is 0 Å². The smallest absolute Gasteiger partial charge is 0.122 e. The fourth-order valence-electron chi connectivity index (χ4n) is 4.15. The molecule has 0 saturated heterocycles. The van der Waals surface area contributed by atoms with Crippen LogP contribution in [0.2, 0.25) is 0 Å². The zero-order valence-electron chi connectivity index (χ0n) is 13.0. The Morgan fingerprint density at radius 2 is 2.15 bits per heavy atom. The van der Waals surface area contributed by atoms with Gasteiger partial charge in [-0.2, -0.15) is 0 Å². The van der Waals surface area contributed by atoms with E-state index < -0.39 is 0 Å². The normalized spacial score (nSPS) is 25.9. The highest BCUT2D eigenvalue weighted by Crippen LogP contribution is 2.49. The molecule has 1 fully saturated rings. The summed E-state index contributed by atoms with van der Waals surface area (Å²) < 4.78 is 5.74. The van der Waals surface area contributed by atoms with E-state index in [1.54, 1.807) is 0 Å². The van der Waals surface area contributed by atoms with Crippen molar-refractivity contribution >= 4 is 0 Å². The van der Waals surface area contributed by atoms with Gasteiger partial charge in [-0.3, -0.25) is 0 Å². The van der Waals surface area contributed by atoms with E-state index in [1.807, 2.05) is 0 Å². The molecule has 0 spiro atoms. The van der Waals surface area contributed by atoms with Gasteiger partial charge >= 0.3 is 0 Å². The van der Waals surface area contributed by atoms with E-state index in [1.165, 1.54) is 30.4 Å². The third-order valence-electron chi connectivity index (χ3n) is 5.35. The van der Waals surface area contributed by atoms with Crippen molar-refractivity contribution in [2.75, 3.05) is 13.7 Å². The van der Waals surface area contributed by atoms with Gasteiger partial charge in [-0.15, -0.1) is 0 Å². The number of fused-ring (bicyclic) bond motifs is 1. The van der Waals surface area contributed by atoms with Crippen molar-refractivity contribution in [1.82, 2.24) is 5.32 Å². The molecule has 0 aromatic heterocycles. The molecule has 3 rings (SSSR count). The van der Waals surface area contributed by atoms with E-state index in [0.29, 0.717) is 11.5 Å². The molecular formula is C18H27NO. The van der Waals surface area contributed by atoms with Crippen LogP contribution in [0.15, 0.2) is 18.2 Å². The minimum absolute atomic E-state index is 0.445. The van der Waals surface area contributed by atoms with Crippen LogP contribution in [0, 0.1) is 11.3 Å². The van der Waals surface area contributed by atoms with Crippen LogP contribution >= 0.6 is 0 Å². The molecule has 1 aliphatic heterocycles. The molecule has 2 unspecified atom stereocenters. The highest BCUT2D eigenvalue weighted by Gasteiger charge is 2.39. The molecule has 0 radical (unpaired) electrons. The van der Waals surface area contributed by atoms with Crippen LogP contribution < -0.4 is 10.1 Å². The Morgan fingerprint density at radius 3 is 2.85 bits per heavy atom. The summed E-state index contributed by atoms with van der Waals surface area (Å²) in [4.78, 5) is 0. The summed E-state index contributed by atoms with van der Waals surface area (Å²) in [5.74, 6) is 1.83. The largest absolute Gasteiger partial charge is 0.493 e. The van der Waals surface area contributed by atoms with Gasteiger partial charge in [0, 0.05) is 6.04 Å². The third kappa shape index (κ3) is 2.46. The summed E-state index contributed by atoms with van der Waals surface area (Å²) in [6.07, 6.45) is 6.36. The Labute approximate surface area is 122 Å². The molecule has 2 nitrogen and oxygen atoms in total. The number of hydrogen-bond donors (Lipinski definition) is 1. The second-order valence-electron chi connectivity index (χ2n) is 7.07. The highest BCUT2D eigenvalue weighted by atomic mass is 16.5. The molecule has 0 amide bonds. The molecular weight excluding hydrogens is 246 g/mol. The topological polar surface area (TPSA) is 21.3 Å². The van der Waals surface area contributed by atoms with Crippen molar-refractivity contribution in [2.24, 2.45) is 11.3 Å². The molecule has 2 atom stereocenters. The van der Waals surface area contributed by atoms with Crippen molar-refractivity contribution in [3.63, 3.8) is 0 Å². The molecule has 0 bridgehead atoms. The van der Waals surface area contributed by atoms with Crippen LogP contribution in [-0.4, -0.2) is 13.7 Å². The molecule has 2 heteroatoms. The lowest BCUT2D eigenvalue weighted by Gasteiger charge is -2.35. The first-order valence-corrected chi connectivity index (χ1v) is 8.05. The lowest BCUT2D eigenvalue weighted by atomic mass is 9.75. The highest BCUT2D eigenvalue weighted by molar-refractivity contribution is 5.40. The average Bonchev–Trinajstić information content (AvgIpc) is 2.79. The van der Waals surface area contributed by atoms with Gasteiger partial charge in [0.25, 0.3) is 0 Å². The van der Waals surface area contributed by atoms with Gasteiger partial charge in [0.15, 0.2) is 0 Å². The Morgan fingerprint density at radius 1 is 1.30 bits per heavy atom. The first kappa shape index (κ1) is 13.9. The molecule has 1 aliphatic carbocycles. The first-order chi connectivity index (χ1) is 9.62. The number of nitrogens with one attached hydrogen (secondary N) is 1. The fraction of sp³-hybridized carbons (Fsp3) is 0.667. The minimum Gasteiger partial charge on any atom is -0.493 e. The predicted octanol–water partition coefficient (Wildman–Crippen LogP) is 4.10.